The first-order chi connectivity index (χ1) is 13.0. The van der Waals surface area contributed by atoms with Crippen molar-refractivity contribution < 1.29 is 9.59 Å². The average Bonchev–Trinajstić information content (AvgIpc) is 3.17. The van der Waals surface area contributed by atoms with E-state index in [0.29, 0.717) is 17.3 Å². The Morgan fingerprint density at radius 1 is 1.00 bits per heavy atom. The van der Waals surface area contributed by atoms with E-state index in [9.17, 15) is 9.59 Å². The molecule has 2 N–H and O–H groups in total. The zero-order valence-corrected chi connectivity index (χ0v) is 16.1. The molecule has 1 aromatic heterocycles. The van der Waals surface area contributed by atoms with Crippen LogP contribution in [0, 0.1) is 0 Å². The molecule has 0 aliphatic carbocycles. The van der Waals surface area contributed by atoms with Gasteiger partial charge in [0.25, 0.3) is 11.8 Å². The number of aryl methyl sites for hydroxylation is 1. The number of hydrogen-bond acceptors (Lipinski definition) is 5. The molecule has 3 rings (SSSR count). The van der Waals surface area contributed by atoms with E-state index < -0.39 is 5.91 Å². The predicted molar refractivity (Wildman–Crippen MR) is 106 cm³/mol. The number of nitrogens with one attached hydrogen (secondary N) is 2. The van der Waals surface area contributed by atoms with Crippen molar-refractivity contribution in [3.63, 3.8) is 0 Å². The summed E-state index contributed by atoms with van der Waals surface area (Å²) in [5.41, 5.74) is 2.78. The lowest BCUT2D eigenvalue weighted by Crippen LogP contribution is -2.22. The first-order valence-corrected chi connectivity index (χ1v) is 9.51. The highest BCUT2D eigenvalue weighted by molar-refractivity contribution is 7.15. The van der Waals surface area contributed by atoms with Gasteiger partial charge in [-0.25, -0.2) is 0 Å². The van der Waals surface area contributed by atoms with Crippen LogP contribution in [0.3, 0.4) is 0 Å². The summed E-state index contributed by atoms with van der Waals surface area (Å²) in [4.78, 5) is 24.5. The van der Waals surface area contributed by atoms with E-state index in [2.05, 4.69) is 27.8 Å². The van der Waals surface area contributed by atoms with Crippen LogP contribution in [0.4, 0.5) is 5.69 Å². The maximum absolute atomic E-state index is 12.2. The van der Waals surface area contributed by atoms with E-state index in [4.69, 9.17) is 11.6 Å². The highest BCUT2D eigenvalue weighted by atomic mass is 35.5. The minimum atomic E-state index is -0.441. The standard InChI is InChI=1S/C19H17ClN4O2S/c1-2-12-6-8-13(9-7-12)11-21-16(25)18-23-24-19(27-18)17(26)22-15-5-3-4-14(20)10-15/h3-10H,2,11H2,1H3,(H,21,25)(H,22,26). The largest absolute Gasteiger partial charge is 0.346 e. The molecule has 2 aromatic carbocycles. The van der Waals surface area contributed by atoms with Gasteiger partial charge in [-0.3, -0.25) is 9.59 Å². The number of aromatic nitrogens is 2. The molecule has 0 radical (unpaired) electrons. The van der Waals surface area contributed by atoms with E-state index in [1.165, 1.54) is 5.56 Å². The van der Waals surface area contributed by atoms with Crippen molar-refractivity contribution in [1.82, 2.24) is 15.5 Å². The third-order valence-corrected chi connectivity index (χ3v) is 4.94. The van der Waals surface area contributed by atoms with Crippen LogP contribution in [-0.4, -0.2) is 22.0 Å². The second-order valence-electron chi connectivity index (χ2n) is 5.73. The summed E-state index contributed by atoms with van der Waals surface area (Å²) in [5.74, 6) is -0.808. The fourth-order valence-corrected chi connectivity index (χ4v) is 3.15. The van der Waals surface area contributed by atoms with Gasteiger partial charge in [0.2, 0.25) is 10.0 Å². The fraction of sp³-hybridized carbons (Fsp3) is 0.158. The summed E-state index contributed by atoms with van der Waals surface area (Å²) < 4.78 is 0. The molecule has 0 spiro atoms. The summed E-state index contributed by atoms with van der Waals surface area (Å²) in [6, 6.07) is 14.8. The van der Waals surface area contributed by atoms with Gasteiger partial charge in [0.05, 0.1) is 0 Å². The van der Waals surface area contributed by atoms with Crippen molar-refractivity contribution in [3.8, 4) is 0 Å². The molecule has 0 aliphatic heterocycles. The average molecular weight is 401 g/mol. The van der Waals surface area contributed by atoms with Crippen LogP contribution in [0.15, 0.2) is 48.5 Å². The highest BCUT2D eigenvalue weighted by Crippen LogP contribution is 2.17. The van der Waals surface area contributed by atoms with E-state index in [1.807, 2.05) is 24.3 Å². The van der Waals surface area contributed by atoms with Crippen molar-refractivity contribution in [1.29, 1.82) is 0 Å². The van der Waals surface area contributed by atoms with Gasteiger partial charge >= 0.3 is 0 Å². The third kappa shape index (κ3) is 5.12. The summed E-state index contributed by atoms with van der Waals surface area (Å²) in [5, 5.41) is 13.8. The maximum Gasteiger partial charge on any atom is 0.286 e. The van der Waals surface area contributed by atoms with Crippen LogP contribution in [0.5, 0.6) is 0 Å². The molecule has 138 valence electrons. The van der Waals surface area contributed by atoms with E-state index in [0.717, 1.165) is 23.3 Å². The van der Waals surface area contributed by atoms with Crippen LogP contribution < -0.4 is 10.6 Å². The maximum atomic E-state index is 12.2. The quantitative estimate of drug-likeness (QED) is 0.656. The van der Waals surface area contributed by atoms with Crippen molar-refractivity contribution >= 4 is 40.4 Å². The Morgan fingerprint density at radius 2 is 1.67 bits per heavy atom. The Kier molecular flexibility index (Phi) is 6.16. The second-order valence-corrected chi connectivity index (χ2v) is 7.14. The molecule has 0 aliphatic rings. The van der Waals surface area contributed by atoms with Gasteiger partial charge in [-0.05, 0) is 35.7 Å². The van der Waals surface area contributed by atoms with Crippen molar-refractivity contribution in [2.75, 3.05) is 5.32 Å². The Bertz CT molecular complexity index is 956. The Morgan fingerprint density at radius 3 is 2.33 bits per heavy atom. The minimum absolute atomic E-state index is 0.104. The van der Waals surface area contributed by atoms with Crippen molar-refractivity contribution in [3.05, 3.63) is 74.7 Å². The number of carbonyl (C=O) groups excluding carboxylic acids is 2. The Labute approximate surface area is 165 Å². The van der Waals surface area contributed by atoms with Crippen LogP contribution >= 0.6 is 22.9 Å². The van der Waals surface area contributed by atoms with Gasteiger partial charge < -0.3 is 10.6 Å². The molecule has 27 heavy (non-hydrogen) atoms. The topological polar surface area (TPSA) is 84.0 Å². The zero-order valence-electron chi connectivity index (χ0n) is 14.5. The molecule has 0 unspecified atom stereocenters. The molecule has 0 saturated heterocycles. The van der Waals surface area contributed by atoms with Crippen LogP contribution in [0.25, 0.3) is 0 Å². The number of hydrogen-bond donors (Lipinski definition) is 2. The summed E-state index contributed by atoms with van der Waals surface area (Å²) >= 11 is 6.83. The normalized spacial score (nSPS) is 10.4. The first-order valence-electron chi connectivity index (χ1n) is 8.31. The van der Waals surface area contributed by atoms with Gasteiger partial charge in [-0.15, -0.1) is 10.2 Å². The van der Waals surface area contributed by atoms with Crippen LogP contribution in [-0.2, 0) is 13.0 Å². The van der Waals surface area contributed by atoms with Crippen molar-refractivity contribution in [2.24, 2.45) is 0 Å². The predicted octanol–water partition coefficient (Wildman–Crippen LogP) is 3.94. The number of benzene rings is 2. The summed E-state index contributed by atoms with van der Waals surface area (Å²) in [7, 11) is 0. The molecular weight excluding hydrogens is 384 g/mol. The molecule has 1 heterocycles. The van der Waals surface area contributed by atoms with Crippen molar-refractivity contribution in [2.45, 2.75) is 19.9 Å². The lowest BCUT2D eigenvalue weighted by Gasteiger charge is -2.04. The summed E-state index contributed by atoms with van der Waals surface area (Å²) in [6.07, 6.45) is 0.970. The second kappa shape index (κ2) is 8.75. The summed E-state index contributed by atoms with van der Waals surface area (Å²) in [6.45, 7) is 2.47. The number of nitrogens with zero attached hydrogens (tertiary/aromatic N) is 2. The third-order valence-electron chi connectivity index (χ3n) is 3.78. The smallest absolute Gasteiger partial charge is 0.286 e. The van der Waals surface area contributed by atoms with E-state index in [1.54, 1.807) is 24.3 Å². The molecule has 3 aromatic rings. The highest BCUT2D eigenvalue weighted by Gasteiger charge is 2.17. The molecule has 0 atom stereocenters. The lowest BCUT2D eigenvalue weighted by atomic mass is 10.1. The van der Waals surface area contributed by atoms with Gasteiger partial charge in [0, 0.05) is 17.3 Å². The first kappa shape index (κ1) is 19.0. The Hall–Kier alpha value is -2.77. The monoisotopic (exact) mass is 400 g/mol. The SMILES string of the molecule is CCc1ccc(CNC(=O)c2nnc(C(=O)Nc3cccc(Cl)c3)s2)cc1. The molecule has 0 bridgehead atoms. The van der Waals surface area contributed by atoms with Crippen LogP contribution in [0.1, 0.15) is 37.7 Å². The van der Waals surface area contributed by atoms with E-state index in [-0.39, 0.29) is 15.9 Å². The lowest BCUT2D eigenvalue weighted by molar-refractivity contribution is 0.0948. The molecule has 8 heteroatoms. The molecule has 6 nitrogen and oxygen atoms in total. The minimum Gasteiger partial charge on any atom is -0.346 e. The molecule has 0 saturated carbocycles. The van der Waals surface area contributed by atoms with Gasteiger partial charge in [-0.2, -0.15) is 0 Å². The zero-order chi connectivity index (χ0) is 19.2. The number of halogens is 1. The van der Waals surface area contributed by atoms with Gasteiger partial charge in [-0.1, -0.05) is 60.2 Å². The van der Waals surface area contributed by atoms with E-state index >= 15 is 0 Å². The number of carbonyl (C=O) groups is 2. The molecular formula is C19H17ClN4O2S. The fourth-order valence-electron chi connectivity index (χ4n) is 2.31. The van der Waals surface area contributed by atoms with Gasteiger partial charge in [0.15, 0.2) is 0 Å². The number of amides is 2. The number of rotatable bonds is 6. The van der Waals surface area contributed by atoms with Crippen LogP contribution in [0.2, 0.25) is 5.02 Å². The Balaban J connectivity index is 1.58. The van der Waals surface area contributed by atoms with Gasteiger partial charge in [0.1, 0.15) is 0 Å². The number of anilines is 1. The molecule has 0 fully saturated rings. The molecule has 2 amide bonds.